The summed E-state index contributed by atoms with van der Waals surface area (Å²) >= 11 is 0. The Morgan fingerprint density at radius 1 is 1.16 bits per heavy atom. The van der Waals surface area contributed by atoms with E-state index in [1.54, 1.807) is 13.1 Å². The van der Waals surface area contributed by atoms with E-state index in [1.165, 1.54) is 5.56 Å². The van der Waals surface area contributed by atoms with Gasteiger partial charge in [0.05, 0.1) is 6.61 Å². The van der Waals surface area contributed by atoms with E-state index in [-0.39, 0.29) is 0 Å². The molecule has 1 aromatic heterocycles. The van der Waals surface area contributed by atoms with Crippen molar-refractivity contribution in [3.05, 3.63) is 54.2 Å². The van der Waals surface area contributed by atoms with Crippen LogP contribution in [0.1, 0.15) is 12.5 Å². The predicted octanol–water partition coefficient (Wildman–Crippen LogP) is 2.97. The zero-order valence-electron chi connectivity index (χ0n) is 14.5. The van der Waals surface area contributed by atoms with Crippen molar-refractivity contribution >= 4 is 17.6 Å². The topological polar surface area (TPSA) is 57.7 Å². The van der Waals surface area contributed by atoms with Crippen LogP contribution in [0.4, 0.5) is 16.3 Å². The Balaban J connectivity index is 1.55. The third-order valence-electron chi connectivity index (χ3n) is 4.24. The lowest BCUT2D eigenvalue weighted by molar-refractivity contribution is 0.168. The molecule has 1 saturated heterocycles. The molecule has 0 saturated carbocycles. The predicted molar refractivity (Wildman–Crippen MR) is 98.8 cm³/mol. The van der Waals surface area contributed by atoms with Gasteiger partial charge in [0.15, 0.2) is 0 Å². The summed E-state index contributed by atoms with van der Waals surface area (Å²) in [6.45, 7) is 7.04. The summed E-state index contributed by atoms with van der Waals surface area (Å²) in [4.78, 5) is 20.5. The highest BCUT2D eigenvalue weighted by Gasteiger charge is 2.18. The van der Waals surface area contributed by atoms with Gasteiger partial charge in [-0.2, -0.15) is 0 Å². The third-order valence-corrected chi connectivity index (χ3v) is 4.24. The van der Waals surface area contributed by atoms with Gasteiger partial charge in [-0.05, 0) is 18.6 Å². The first-order valence-corrected chi connectivity index (χ1v) is 8.65. The molecule has 0 aliphatic carbocycles. The fourth-order valence-electron chi connectivity index (χ4n) is 2.96. The molecule has 2 aromatic rings. The lowest BCUT2D eigenvalue weighted by Gasteiger charge is -2.36. The number of ether oxygens (including phenoxy) is 1. The van der Waals surface area contributed by atoms with E-state index in [0.29, 0.717) is 12.4 Å². The zero-order valence-corrected chi connectivity index (χ0v) is 14.5. The number of benzene rings is 1. The largest absolute Gasteiger partial charge is 0.450 e. The fraction of sp³-hybridized carbons (Fsp3) is 0.368. The van der Waals surface area contributed by atoms with Crippen LogP contribution in [0, 0.1) is 0 Å². The Bertz CT molecular complexity index is 685. The van der Waals surface area contributed by atoms with Gasteiger partial charge in [-0.25, -0.2) is 9.78 Å². The second kappa shape index (κ2) is 8.48. The third kappa shape index (κ3) is 4.93. The standard InChI is InChI=1S/C19H24N4O2/c1-2-25-19(24)21-18-14-17(8-9-20-18)23-12-10-22(11-13-23)15-16-6-4-3-5-7-16/h3-9,14H,2,10-13,15H2,1H3,(H,20,21,24). The fourth-order valence-corrected chi connectivity index (χ4v) is 2.96. The van der Waals surface area contributed by atoms with Crippen LogP contribution in [0.3, 0.4) is 0 Å². The number of amides is 1. The van der Waals surface area contributed by atoms with Crippen LogP contribution in [0.15, 0.2) is 48.7 Å². The van der Waals surface area contributed by atoms with Crippen molar-refractivity contribution in [3.8, 4) is 0 Å². The van der Waals surface area contributed by atoms with E-state index in [0.717, 1.165) is 38.4 Å². The van der Waals surface area contributed by atoms with Crippen molar-refractivity contribution in [2.75, 3.05) is 43.0 Å². The summed E-state index contributed by atoms with van der Waals surface area (Å²) in [5.74, 6) is 0.516. The first-order valence-electron chi connectivity index (χ1n) is 8.65. The van der Waals surface area contributed by atoms with Crippen LogP contribution in [0.2, 0.25) is 0 Å². The maximum atomic E-state index is 11.5. The van der Waals surface area contributed by atoms with E-state index in [1.807, 2.05) is 18.2 Å². The average molecular weight is 340 g/mol. The van der Waals surface area contributed by atoms with E-state index < -0.39 is 6.09 Å². The molecule has 0 bridgehead atoms. The van der Waals surface area contributed by atoms with Crippen LogP contribution < -0.4 is 10.2 Å². The van der Waals surface area contributed by atoms with Gasteiger partial charge in [-0.3, -0.25) is 10.2 Å². The second-order valence-corrected chi connectivity index (χ2v) is 5.99. The summed E-state index contributed by atoms with van der Waals surface area (Å²) < 4.78 is 4.89. The van der Waals surface area contributed by atoms with Crippen LogP contribution in [-0.4, -0.2) is 48.8 Å². The molecule has 0 atom stereocenters. The average Bonchev–Trinajstić information content (AvgIpc) is 2.64. The Hall–Kier alpha value is -2.60. The molecule has 1 aromatic carbocycles. The number of aromatic nitrogens is 1. The number of hydrogen-bond donors (Lipinski definition) is 1. The minimum atomic E-state index is -0.472. The second-order valence-electron chi connectivity index (χ2n) is 5.99. The number of anilines is 2. The molecule has 1 amide bonds. The number of rotatable bonds is 5. The lowest BCUT2D eigenvalue weighted by Crippen LogP contribution is -2.46. The van der Waals surface area contributed by atoms with Gasteiger partial charge in [0.1, 0.15) is 5.82 Å². The highest BCUT2D eigenvalue weighted by atomic mass is 16.5. The molecule has 1 N–H and O–H groups in total. The first-order chi connectivity index (χ1) is 12.2. The number of nitrogens with zero attached hydrogens (tertiary/aromatic N) is 3. The molecule has 1 aliphatic heterocycles. The molecule has 0 radical (unpaired) electrons. The van der Waals surface area contributed by atoms with E-state index >= 15 is 0 Å². The Kier molecular flexibility index (Phi) is 5.85. The van der Waals surface area contributed by atoms with Gasteiger partial charge in [-0.1, -0.05) is 30.3 Å². The quantitative estimate of drug-likeness (QED) is 0.907. The molecule has 0 spiro atoms. The van der Waals surface area contributed by atoms with E-state index in [4.69, 9.17) is 4.74 Å². The van der Waals surface area contributed by atoms with Gasteiger partial charge in [0.2, 0.25) is 0 Å². The molecule has 0 unspecified atom stereocenters. The van der Waals surface area contributed by atoms with Crippen LogP contribution in [-0.2, 0) is 11.3 Å². The molecule has 25 heavy (non-hydrogen) atoms. The Morgan fingerprint density at radius 2 is 1.92 bits per heavy atom. The highest BCUT2D eigenvalue weighted by molar-refractivity contribution is 5.83. The molecule has 2 heterocycles. The van der Waals surface area contributed by atoms with Crippen molar-refractivity contribution in [1.82, 2.24) is 9.88 Å². The summed E-state index contributed by atoms with van der Waals surface area (Å²) in [5.41, 5.74) is 2.42. The van der Waals surface area contributed by atoms with Crippen LogP contribution >= 0.6 is 0 Å². The van der Waals surface area contributed by atoms with Gasteiger partial charge < -0.3 is 9.64 Å². The smallest absolute Gasteiger partial charge is 0.412 e. The number of nitrogens with one attached hydrogen (secondary N) is 1. The molecular weight excluding hydrogens is 316 g/mol. The van der Waals surface area contributed by atoms with Crippen LogP contribution in [0.25, 0.3) is 0 Å². The minimum Gasteiger partial charge on any atom is -0.450 e. The number of piperazine rings is 1. The van der Waals surface area contributed by atoms with Gasteiger partial charge >= 0.3 is 6.09 Å². The van der Waals surface area contributed by atoms with E-state index in [2.05, 4.69) is 44.4 Å². The normalized spacial score (nSPS) is 15.0. The van der Waals surface area contributed by atoms with E-state index in [9.17, 15) is 4.79 Å². The molecule has 132 valence electrons. The molecule has 6 heteroatoms. The summed E-state index contributed by atoms with van der Waals surface area (Å²) in [7, 11) is 0. The van der Waals surface area contributed by atoms with Gasteiger partial charge in [-0.15, -0.1) is 0 Å². The van der Waals surface area contributed by atoms with Gasteiger partial charge in [0.25, 0.3) is 0 Å². The maximum Gasteiger partial charge on any atom is 0.412 e. The van der Waals surface area contributed by atoms with Crippen molar-refractivity contribution in [2.24, 2.45) is 0 Å². The monoisotopic (exact) mass is 340 g/mol. The zero-order chi connectivity index (χ0) is 17.5. The highest BCUT2D eigenvalue weighted by Crippen LogP contribution is 2.20. The van der Waals surface area contributed by atoms with Crippen molar-refractivity contribution in [2.45, 2.75) is 13.5 Å². The number of pyridine rings is 1. The number of carbonyl (C=O) groups is 1. The Morgan fingerprint density at radius 3 is 2.64 bits per heavy atom. The summed E-state index contributed by atoms with van der Waals surface area (Å²) in [5, 5.41) is 2.65. The van der Waals surface area contributed by atoms with Crippen LogP contribution in [0.5, 0.6) is 0 Å². The molecule has 1 fully saturated rings. The molecule has 6 nitrogen and oxygen atoms in total. The number of carbonyl (C=O) groups excluding carboxylic acids is 1. The first kappa shape index (κ1) is 17.2. The van der Waals surface area contributed by atoms with Crippen molar-refractivity contribution in [3.63, 3.8) is 0 Å². The minimum absolute atomic E-state index is 0.342. The molecule has 3 rings (SSSR count). The van der Waals surface area contributed by atoms with Crippen molar-refractivity contribution in [1.29, 1.82) is 0 Å². The molecular formula is C19H24N4O2. The lowest BCUT2D eigenvalue weighted by atomic mass is 10.2. The summed E-state index contributed by atoms with van der Waals surface area (Å²) in [6.07, 6.45) is 1.24. The maximum absolute atomic E-state index is 11.5. The van der Waals surface area contributed by atoms with Gasteiger partial charge in [0, 0.05) is 50.7 Å². The molecule has 1 aliphatic rings. The van der Waals surface area contributed by atoms with Crippen molar-refractivity contribution < 1.29 is 9.53 Å². The SMILES string of the molecule is CCOC(=O)Nc1cc(N2CCN(Cc3ccccc3)CC2)ccn1. The Labute approximate surface area is 148 Å². The summed E-state index contributed by atoms with van der Waals surface area (Å²) in [6, 6.07) is 14.4. The number of hydrogen-bond acceptors (Lipinski definition) is 5.